The Morgan fingerprint density at radius 3 is 2.75 bits per heavy atom. The number of carbonyl (C=O) groups is 1. The van der Waals surface area contributed by atoms with E-state index in [1.165, 1.54) is 30.8 Å². The van der Waals surface area contributed by atoms with Gasteiger partial charge in [-0.15, -0.1) is 0 Å². The minimum Gasteiger partial charge on any atom is -0.433 e. The van der Waals surface area contributed by atoms with Gasteiger partial charge in [0.05, 0.1) is 6.20 Å². The number of hydrogen-bond acceptors (Lipinski definition) is 6. The summed E-state index contributed by atoms with van der Waals surface area (Å²) < 4.78 is 72.4. The number of ketones is 1. The molecule has 0 amide bonds. The predicted molar refractivity (Wildman–Crippen MR) is 109 cm³/mol. The number of ether oxygens (including phenoxy) is 1. The van der Waals surface area contributed by atoms with E-state index in [2.05, 4.69) is 14.7 Å². The molecule has 3 atom stereocenters. The lowest BCUT2D eigenvalue weighted by atomic mass is 9.84. The van der Waals surface area contributed by atoms with Crippen molar-refractivity contribution in [2.24, 2.45) is 16.6 Å². The van der Waals surface area contributed by atoms with Crippen LogP contribution < -0.4 is 10.5 Å². The van der Waals surface area contributed by atoms with Crippen molar-refractivity contribution in [3.05, 3.63) is 58.4 Å². The molecule has 2 aromatic rings. The second kappa shape index (κ2) is 8.34. The van der Waals surface area contributed by atoms with E-state index in [4.69, 9.17) is 5.73 Å². The maximum Gasteiger partial charge on any atom is 0.387 e. The van der Waals surface area contributed by atoms with E-state index < -0.39 is 36.2 Å². The van der Waals surface area contributed by atoms with Crippen LogP contribution in [0.4, 0.5) is 22.0 Å². The lowest BCUT2D eigenvalue weighted by Crippen LogP contribution is -2.37. The smallest absolute Gasteiger partial charge is 0.387 e. The second-order valence-electron chi connectivity index (χ2n) is 7.76. The summed E-state index contributed by atoms with van der Waals surface area (Å²) in [6.45, 7) is -2.62. The van der Waals surface area contributed by atoms with Gasteiger partial charge in [-0.2, -0.15) is 8.78 Å². The number of halogens is 5. The molecular weight excluding hydrogens is 453 g/mol. The van der Waals surface area contributed by atoms with Gasteiger partial charge in [-0.25, -0.2) is 23.1 Å². The summed E-state index contributed by atoms with van der Waals surface area (Å²) in [4.78, 5) is 20.8. The van der Waals surface area contributed by atoms with E-state index in [0.29, 0.717) is 6.42 Å². The first-order valence-corrected chi connectivity index (χ1v) is 10.5. The summed E-state index contributed by atoms with van der Waals surface area (Å²) in [6.07, 6.45) is 1.18. The molecule has 0 radical (unpaired) electrons. The highest BCUT2D eigenvalue weighted by Gasteiger charge is 2.58. The molecule has 2 heterocycles. The molecule has 11 heteroatoms. The van der Waals surface area contributed by atoms with Gasteiger partial charge in [-0.05, 0) is 42.7 Å². The lowest BCUT2D eigenvalue weighted by Gasteiger charge is -2.31. The Bertz CT molecular complexity index is 1110. The maximum atomic E-state index is 14.8. The number of carbonyl (C=O) groups excluding carboxylic acids is 1. The van der Waals surface area contributed by atoms with Crippen molar-refractivity contribution >= 4 is 22.7 Å². The molecule has 0 bridgehead atoms. The van der Waals surface area contributed by atoms with Crippen LogP contribution in [0.15, 0.2) is 29.4 Å². The van der Waals surface area contributed by atoms with Crippen LogP contribution in [0.25, 0.3) is 0 Å². The predicted octanol–water partition coefficient (Wildman–Crippen LogP) is 4.31. The zero-order valence-electron chi connectivity index (χ0n) is 16.7. The Morgan fingerprint density at radius 1 is 1.34 bits per heavy atom. The molecule has 170 valence electrons. The number of alkyl halides is 3. The van der Waals surface area contributed by atoms with Crippen molar-refractivity contribution in [1.29, 1.82) is 0 Å². The largest absolute Gasteiger partial charge is 0.433 e. The standard InChI is InChI=1S/C21H18F5N3O2S/c1-9-2-11(31-19(25)26)7-28-18(9)15(30)5-10-3-13(17(24)14(23)4-10)21(8-22)12-6-16(12)32-20(27)29-21/h2-4,7,12,16,19H,5-6,8H2,1H3,(H2,27,29)/t12-,16+,21+/m1/s1. The van der Waals surface area contributed by atoms with Gasteiger partial charge >= 0.3 is 6.61 Å². The van der Waals surface area contributed by atoms with E-state index in [1.807, 2.05) is 0 Å². The molecule has 1 saturated carbocycles. The van der Waals surface area contributed by atoms with Gasteiger partial charge in [-0.3, -0.25) is 4.79 Å². The monoisotopic (exact) mass is 471 g/mol. The molecule has 1 aliphatic heterocycles. The van der Waals surface area contributed by atoms with Gasteiger partial charge in [0.1, 0.15) is 23.7 Å². The molecular formula is C21H18F5N3O2S. The van der Waals surface area contributed by atoms with E-state index in [1.54, 1.807) is 0 Å². The number of Topliss-reactive ketones (excluding diaryl/α,β-unsaturated/α-hetero) is 1. The zero-order chi connectivity index (χ0) is 23.2. The van der Waals surface area contributed by atoms with Gasteiger partial charge < -0.3 is 10.5 Å². The van der Waals surface area contributed by atoms with Crippen molar-refractivity contribution < 1.29 is 31.5 Å². The number of amidine groups is 1. The van der Waals surface area contributed by atoms with E-state index >= 15 is 0 Å². The van der Waals surface area contributed by atoms with Gasteiger partial charge in [0, 0.05) is 23.2 Å². The van der Waals surface area contributed by atoms with Crippen molar-refractivity contribution in [2.45, 2.75) is 37.2 Å². The summed E-state index contributed by atoms with van der Waals surface area (Å²) in [5.41, 5.74) is 4.24. The zero-order valence-corrected chi connectivity index (χ0v) is 17.6. The fourth-order valence-electron chi connectivity index (χ4n) is 4.07. The molecule has 0 spiro atoms. The van der Waals surface area contributed by atoms with Gasteiger partial charge in [0.15, 0.2) is 22.6 Å². The SMILES string of the molecule is Cc1cc(OC(F)F)cnc1C(=O)Cc1cc(F)c(F)c([C@@]2(CF)N=C(N)S[C@H]3C[C@H]32)c1. The van der Waals surface area contributed by atoms with Crippen LogP contribution in [0.1, 0.15) is 33.6 Å². The number of aryl methyl sites for hydroxylation is 1. The number of benzene rings is 1. The minimum atomic E-state index is -3.04. The molecule has 2 aliphatic rings. The number of nitrogens with zero attached hydrogens (tertiary/aromatic N) is 2. The molecule has 1 fully saturated rings. The van der Waals surface area contributed by atoms with E-state index in [-0.39, 0.29) is 50.9 Å². The fraction of sp³-hybridized carbons (Fsp3) is 0.381. The van der Waals surface area contributed by atoms with Crippen LogP contribution in [0.2, 0.25) is 0 Å². The molecule has 0 saturated heterocycles. The number of rotatable bonds is 7. The first-order valence-electron chi connectivity index (χ1n) is 9.65. The van der Waals surface area contributed by atoms with Crippen molar-refractivity contribution in [3.8, 4) is 5.75 Å². The average Bonchev–Trinajstić information content (AvgIpc) is 3.49. The molecule has 5 nitrogen and oxygen atoms in total. The van der Waals surface area contributed by atoms with Crippen molar-refractivity contribution in [1.82, 2.24) is 4.98 Å². The molecule has 1 aromatic heterocycles. The van der Waals surface area contributed by atoms with Crippen LogP contribution in [0.3, 0.4) is 0 Å². The fourth-order valence-corrected chi connectivity index (χ4v) is 5.28. The summed E-state index contributed by atoms with van der Waals surface area (Å²) in [6, 6.07) is 3.33. The number of nitrogens with two attached hydrogens (primary N) is 1. The number of fused-ring (bicyclic) bond motifs is 1. The molecule has 4 rings (SSSR count). The number of aliphatic imine (C=N–C) groups is 1. The number of thioether (sulfide) groups is 1. The third-order valence-electron chi connectivity index (χ3n) is 5.59. The van der Waals surface area contributed by atoms with E-state index in [9.17, 15) is 26.7 Å². The van der Waals surface area contributed by atoms with Crippen LogP contribution in [0.5, 0.6) is 5.75 Å². The quantitative estimate of drug-likeness (QED) is 0.481. The molecule has 2 N–H and O–H groups in total. The molecule has 1 aromatic carbocycles. The number of pyridine rings is 1. The summed E-state index contributed by atoms with van der Waals surface area (Å²) >= 11 is 1.28. The highest BCUT2D eigenvalue weighted by Crippen LogP contribution is 2.58. The Labute approximate surface area is 184 Å². The van der Waals surface area contributed by atoms with Crippen LogP contribution in [0, 0.1) is 24.5 Å². The Morgan fingerprint density at radius 2 is 2.09 bits per heavy atom. The molecule has 32 heavy (non-hydrogen) atoms. The van der Waals surface area contributed by atoms with Gasteiger partial charge in [0.25, 0.3) is 0 Å². The topological polar surface area (TPSA) is 77.6 Å². The Hall–Kier alpha value is -2.69. The first-order chi connectivity index (χ1) is 15.1. The third-order valence-corrected chi connectivity index (χ3v) is 6.75. The highest BCUT2D eigenvalue weighted by atomic mass is 32.2. The average molecular weight is 471 g/mol. The van der Waals surface area contributed by atoms with Crippen LogP contribution in [-0.2, 0) is 12.0 Å². The summed E-state index contributed by atoms with van der Waals surface area (Å²) in [5.74, 6) is -3.54. The van der Waals surface area contributed by atoms with Crippen molar-refractivity contribution in [3.63, 3.8) is 0 Å². The first kappa shape index (κ1) is 22.5. The van der Waals surface area contributed by atoms with Gasteiger partial charge in [-0.1, -0.05) is 11.8 Å². The molecule has 0 unspecified atom stereocenters. The van der Waals surface area contributed by atoms with Crippen LogP contribution in [-0.4, -0.2) is 34.5 Å². The lowest BCUT2D eigenvalue weighted by molar-refractivity contribution is -0.0501. The Balaban J connectivity index is 1.66. The summed E-state index contributed by atoms with van der Waals surface area (Å²) in [7, 11) is 0. The minimum absolute atomic E-state index is 0.0168. The summed E-state index contributed by atoms with van der Waals surface area (Å²) in [5, 5.41) is 0.0884. The number of hydrogen-bond donors (Lipinski definition) is 1. The highest BCUT2D eigenvalue weighted by molar-refractivity contribution is 8.14. The molecule has 1 aliphatic carbocycles. The normalized spacial score (nSPS) is 24.2. The van der Waals surface area contributed by atoms with Gasteiger partial charge in [0.2, 0.25) is 0 Å². The maximum absolute atomic E-state index is 14.8. The van der Waals surface area contributed by atoms with Crippen LogP contribution >= 0.6 is 11.8 Å². The third kappa shape index (κ3) is 4.05. The second-order valence-corrected chi connectivity index (χ2v) is 9.02. The number of aromatic nitrogens is 1. The Kier molecular flexibility index (Phi) is 5.87. The van der Waals surface area contributed by atoms with E-state index in [0.717, 1.165) is 12.3 Å². The van der Waals surface area contributed by atoms with Crippen molar-refractivity contribution in [2.75, 3.05) is 6.67 Å².